The normalized spacial score (nSPS) is 12.3. The highest BCUT2D eigenvalue weighted by atomic mass is 32.1. The van der Waals surface area contributed by atoms with Gasteiger partial charge in [-0.15, -0.1) is 18.3 Å². The lowest BCUT2D eigenvalue weighted by Crippen LogP contribution is -2.23. The molecule has 33 heavy (non-hydrogen) atoms. The van der Waals surface area contributed by atoms with E-state index in [0.717, 1.165) is 22.6 Å². The van der Waals surface area contributed by atoms with Gasteiger partial charge in [0.05, 0.1) is 18.8 Å². The van der Waals surface area contributed by atoms with Gasteiger partial charge >= 0.3 is 6.36 Å². The highest BCUT2D eigenvalue weighted by molar-refractivity contribution is 7.15. The van der Waals surface area contributed by atoms with Gasteiger partial charge in [-0.05, 0) is 54.0 Å². The van der Waals surface area contributed by atoms with Crippen LogP contribution in [0.5, 0.6) is 17.2 Å². The number of fused-ring (bicyclic) bond motifs is 1. The molecule has 4 aromatic rings. The molecule has 2 heterocycles. The van der Waals surface area contributed by atoms with Crippen LogP contribution in [0.2, 0.25) is 0 Å². The maximum Gasteiger partial charge on any atom is 0.573 e. The molecule has 4 rings (SSSR count). The van der Waals surface area contributed by atoms with Crippen molar-refractivity contribution in [3.8, 4) is 17.2 Å². The van der Waals surface area contributed by atoms with Gasteiger partial charge in [0, 0.05) is 6.42 Å². The molecule has 0 bridgehead atoms. The first-order valence-corrected chi connectivity index (χ1v) is 10.5. The number of nitrogens with zero attached hydrogens (tertiary/aromatic N) is 3. The summed E-state index contributed by atoms with van der Waals surface area (Å²) in [5.74, 6) is 1.62. The van der Waals surface area contributed by atoms with Crippen molar-refractivity contribution in [2.75, 3.05) is 14.2 Å². The number of alkyl halides is 3. The molecule has 0 spiro atoms. The Balaban J connectivity index is 1.53. The average molecular weight is 477 g/mol. The molecule has 7 nitrogen and oxygen atoms in total. The number of aromatic nitrogens is 3. The molecule has 0 N–H and O–H groups in total. The third-order valence-corrected chi connectivity index (χ3v) is 5.70. The van der Waals surface area contributed by atoms with Gasteiger partial charge in [0.25, 0.3) is 5.56 Å². The number of ether oxygens (including phenoxy) is 3. The Morgan fingerprint density at radius 2 is 1.76 bits per heavy atom. The molecule has 0 aliphatic carbocycles. The number of methoxy groups -OCH3 is 2. The lowest BCUT2D eigenvalue weighted by molar-refractivity contribution is -0.274. The molecule has 0 radical (unpaired) electrons. The van der Waals surface area contributed by atoms with Crippen LogP contribution in [0.4, 0.5) is 13.2 Å². The van der Waals surface area contributed by atoms with Gasteiger partial charge in [0.15, 0.2) is 5.82 Å². The molecule has 2 aromatic heterocycles. The molecule has 0 aliphatic rings. The molecule has 2 aromatic carbocycles. The molecule has 0 saturated carbocycles. The van der Waals surface area contributed by atoms with Gasteiger partial charge in [-0.3, -0.25) is 4.79 Å². The van der Waals surface area contributed by atoms with Gasteiger partial charge in [-0.25, -0.2) is 4.98 Å². The Kier molecular flexibility index (Phi) is 6.23. The molecule has 0 fully saturated rings. The molecular formula is C22H18F3N3O4S. The van der Waals surface area contributed by atoms with Crippen LogP contribution in [-0.4, -0.2) is 35.2 Å². The van der Waals surface area contributed by atoms with Crippen LogP contribution in [0.25, 0.3) is 11.0 Å². The first-order valence-electron chi connectivity index (χ1n) is 9.72. The van der Waals surface area contributed by atoms with Crippen molar-refractivity contribution >= 4 is 22.4 Å². The minimum atomic E-state index is -4.76. The minimum Gasteiger partial charge on any atom is -0.497 e. The summed E-state index contributed by atoms with van der Waals surface area (Å²) < 4.78 is 52.9. The Labute approximate surface area is 189 Å². The molecule has 11 heteroatoms. The number of aryl methyl sites for hydroxylation is 2. The maximum absolute atomic E-state index is 12.7. The monoisotopic (exact) mass is 477 g/mol. The largest absolute Gasteiger partial charge is 0.573 e. The van der Waals surface area contributed by atoms with Crippen molar-refractivity contribution in [1.29, 1.82) is 0 Å². The van der Waals surface area contributed by atoms with Crippen LogP contribution in [0.3, 0.4) is 0 Å². The van der Waals surface area contributed by atoms with Gasteiger partial charge in [0.1, 0.15) is 17.2 Å². The van der Waals surface area contributed by atoms with E-state index in [-0.39, 0.29) is 11.3 Å². The number of halogens is 3. The van der Waals surface area contributed by atoms with Gasteiger partial charge in [-0.1, -0.05) is 23.5 Å². The number of hydrogen-bond acceptors (Lipinski definition) is 7. The summed E-state index contributed by atoms with van der Waals surface area (Å²) in [6.07, 6.45) is -2.09. The molecule has 0 atom stereocenters. The number of hydrogen-bond donors (Lipinski definition) is 0. The van der Waals surface area contributed by atoms with E-state index in [2.05, 4.69) is 14.8 Å². The van der Waals surface area contributed by atoms with Crippen LogP contribution in [-0.2, 0) is 12.8 Å². The second-order valence-electron chi connectivity index (χ2n) is 6.93. The number of benzene rings is 2. The second-order valence-corrected chi connectivity index (χ2v) is 7.94. The van der Waals surface area contributed by atoms with Gasteiger partial charge in [0.2, 0.25) is 4.96 Å². The highest BCUT2D eigenvalue weighted by Gasteiger charge is 2.30. The van der Waals surface area contributed by atoms with E-state index < -0.39 is 6.36 Å². The van der Waals surface area contributed by atoms with Crippen molar-refractivity contribution in [3.63, 3.8) is 0 Å². The first kappa shape index (κ1) is 22.6. The van der Waals surface area contributed by atoms with Crippen molar-refractivity contribution < 1.29 is 27.4 Å². The third-order valence-electron chi connectivity index (χ3n) is 4.74. The van der Waals surface area contributed by atoms with Crippen LogP contribution in [0.1, 0.15) is 17.0 Å². The van der Waals surface area contributed by atoms with E-state index >= 15 is 0 Å². The molecule has 0 unspecified atom stereocenters. The van der Waals surface area contributed by atoms with E-state index in [0.29, 0.717) is 39.5 Å². The van der Waals surface area contributed by atoms with E-state index in [1.807, 2.05) is 18.2 Å². The Morgan fingerprint density at radius 3 is 2.39 bits per heavy atom. The van der Waals surface area contributed by atoms with E-state index in [4.69, 9.17) is 9.47 Å². The minimum absolute atomic E-state index is 0.332. The summed E-state index contributed by atoms with van der Waals surface area (Å²) in [5.41, 5.74) is 1.14. The second kappa shape index (κ2) is 9.10. The standard InChI is InChI=1S/C22H18F3N3O4S/c1-30-16-8-9-17(31-2)14(12-16)5-10-19-26-21-28(27-19)20(29)18(33-21)11-13-3-6-15(7-4-13)32-22(23,24)25/h3-4,6-9,11-12H,5,10H2,1-2H3/b18-11-. The van der Waals surface area contributed by atoms with Crippen LogP contribution < -0.4 is 24.3 Å². The fourth-order valence-corrected chi connectivity index (χ4v) is 4.15. The molecule has 0 aliphatic heterocycles. The summed E-state index contributed by atoms with van der Waals surface area (Å²) in [6, 6.07) is 10.8. The zero-order valence-corrected chi connectivity index (χ0v) is 18.4. The highest BCUT2D eigenvalue weighted by Crippen LogP contribution is 2.25. The molecule has 0 amide bonds. The Hall–Kier alpha value is -3.60. The van der Waals surface area contributed by atoms with E-state index in [9.17, 15) is 18.0 Å². The maximum atomic E-state index is 12.7. The van der Waals surface area contributed by atoms with Crippen molar-refractivity contribution in [2.45, 2.75) is 19.2 Å². The van der Waals surface area contributed by atoms with Gasteiger partial charge in [-0.2, -0.15) is 4.52 Å². The van der Waals surface area contributed by atoms with Crippen molar-refractivity contribution in [1.82, 2.24) is 14.6 Å². The third kappa shape index (κ3) is 5.25. The quantitative estimate of drug-likeness (QED) is 0.406. The van der Waals surface area contributed by atoms with Crippen molar-refractivity contribution in [3.05, 3.63) is 74.3 Å². The molecule has 172 valence electrons. The fraction of sp³-hybridized carbons (Fsp3) is 0.227. The van der Waals surface area contributed by atoms with E-state index in [1.165, 1.54) is 28.8 Å². The predicted octanol–water partition coefficient (Wildman–Crippen LogP) is 3.40. The molecular weight excluding hydrogens is 459 g/mol. The zero-order valence-electron chi connectivity index (χ0n) is 17.5. The lowest BCUT2D eigenvalue weighted by Gasteiger charge is -2.09. The number of thiazole rings is 1. The zero-order chi connectivity index (χ0) is 23.6. The smallest absolute Gasteiger partial charge is 0.497 e. The molecule has 0 saturated heterocycles. The van der Waals surface area contributed by atoms with Crippen LogP contribution in [0.15, 0.2) is 47.3 Å². The summed E-state index contributed by atoms with van der Waals surface area (Å²) in [4.78, 5) is 17.6. The first-order chi connectivity index (χ1) is 15.8. The Bertz CT molecular complexity index is 1380. The summed E-state index contributed by atoms with van der Waals surface area (Å²) in [6.45, 7) is 0. The topological polar surface area (TPSA) is 75.0 Å². The van der Waals surface area contributed by atoms with Gasteiger partial charge < -0.3 is 14.2 Å². The average Bonchev–Trinajstić information content (AvgIpc) is 3.31. The van der Waals surface area contributed by atoms with Crippen LogP contribution in [0, 0.1) is 0 Å². The lowest BCUT2D eigenvalue weighted by atomic mass is 10.1. The van der Waals surface area contributed by atoms with E-state index in [1.54, 1.807) is 20.3 Å². The van der Waals surface area contributed by atoms with Crippen molar-refractivity contribution in [2.24, 2.45) is 0 Å². The fourth-order valence-electron chi connectivity index (χ4n) is 3.22. The summed E-state index contributed by atoms with van der Waals surface area (Å²) in [5, 5.41) is 4.31. The van der Waals surface area contributed by atoms with Crippen LogP contribution >= 0.6 is 11.3 Å². The summed E-state index contributed by atoms with van der Waals surface area (Å²) in [7, 11) is 3.18. The SMILES string of the molecule is COc1ccc(OC)c(CCc2nc3s/c(=C\c4ccc(OC(F)(F)F)cc4)c(=O)n3n2)c1. The predicted molar refractivity (Wildman–Crippen MR) is 116 cm³/mol. The number of rotatable bonds is 7. The summed E-state index contributed by atoms with van der Waals surface area (Å²) >= 11 is 1.15. The Morgan fingerprint density at radius 1 is 1.03 bits per heavy atom.